The average molecular weight is 196 g/mol. The summed E-state index contributed by atoms with van der Waals surface area (Å²) in [5.41, 5.74) is 5.40. The molecule has 3 N–H and O–H groups in total. The summed E-state index contributed by atoms with van der Waals surface area (Å²) in [4.78, 5) is 11.5. The number of carbonyl (C=O) groups is 1. The van der Waals surface area contributed by atoms with E-state index in [0.29, 0.717) is 12.5 Å². The van der Waals surface area contributed by atoms with Gasteiger partial charge in [-0.1, -0.05) is 0 Å². The quantitative estimate of drug-likeness (QED) is 0.708. The van der Waals surface area contributed by atoms with Crippen LogP contribution in [0.1, 0.15) is 39.5 Å². The molecule has 0 aromatic heterocycles. The average Bonchev–Trinajstić information content (AvgIpc) is 2.54. The molecule has 3 heteroatoms. The maximum Gasteiger partial charge on any atom is 0.222 e. The molecule has 80 valence electrons. The van der Waals surface area contributed by atoms with Crippen molar-refractivity contribution in [2.75, 3.05) is 0 Å². The highest BCUT2D eigenvalue weighted by Crippen LogP contribution is 2.51. The zero-order valence-electron chi connectivity index (χ0n) is 9.05. The summed E-state index contributed by atoms with van der Waals surface area (Å²) >= 11 is 0. The molecule has 0 aromatic carbocycles. The number of nitrogens with two attached hydrogens (primary N) is 1. The zero-order valence-corrected chi connectivity index (χ0v) is 9.05. The fourth-order valence-corrected chi connectivity index (χ4v) is 2.53. The second-order valence-corrected chi connectivity index (χ2v) is 5.66. The maximum absolute atomic E-state index is 11.5. The molecule has 1 amide bonds. The van der Waals surface area contributed by atoms with Crippen LogP contribution in [0.15, 0.2) is 0 Å². The predicted octanol–water partition coefficient (Wildman–Crippen LogP) is 1.03. The van der Waals surface area contributed by atoms with Gasteiger partial charge in [0.05, 0.1) is 0 Å². The molecule has 0 aromatic rings. The molecule has 2 saturated carbocycles. The predicted molar refractivity (Wildman–Crippen MR) is 55.6 cm³/mol. The van der Waals surface area contributed by atoms with Gasteiger partial charge in [0.2, 0.25) is 5.91 Å². The largest absolute Gasteiger partial charge is 0.353 e. The van der Waals surface area contributed by atoms with E-state index >= 15 is 0 Å². The molecule has 0 bridgehead atoms. The molecule has 0 heterocycles. The first-order chi connectivity index (χ1) is 6.44. The first-order valence-electron chi connectivity index (χ1n) is 5.52. The lowest BCUT2D eigenvalue weighted by Crippen LogP contribution is -2.42. The van der Waals surface area contributed by atoms with E-state index in [4.69, 9.17) is 5.73 Å². The fourth-order valence-electron chi connectivity index (χ4n) is 2.53. The van der Waals surface area contributed by atoms with Crippen LogP contribution in [0.3, 0.4) is 0 Å². The number of rotatable bonds is 3. The number of nitrogens with one attached hydrogen (secondary N) is 1. The van der Waals surface area contributed by atoms with Crippen LogP contribution in [0.2, 0.25) is 0 Å². The minimum atomic E-state index is -0.383. The van der Waals surface area contributed by atoms with Gasteiger partial charge in [0.1, 0.15) is 0 Å². The lowest BCUT2D eigenvalue weighted by molar-refractivity contribution is -0.122. The summed E-state index contributed by atoms with van der Waals surface area (Å²) in [6.07, 6.45) is 4.22. The van der Waals surface area contributed by atoms with Crippen LogP contribution in [0, 0.1) is 11.8 Å². The van der Waals surface area contributed by atoms with Gasteiger partial charge in [-0.3, -0.25) is 4.79 Å². The van der Waals surface area contributed by atoms with Crippen LogP contribution in [0.25, 0.3) is 0 Å². The Hall–Kier alpha value is -0.570. The Bertz CT molecular complexity index is 234. The molecular formula is C11H20N2O. The van der Waals surface area contributed by atoms with Crippen LogP contribution in [0.5, 0.6) is 0 Å². The van der Waals surface area contributed by atoms with Crippen molar-refractivity contribution in [3.05, 3.63) is 0 Å². The van der Waals surface area contributed by atoms with Gasteiger partial charge in [0.15, 0.2) is 0 Å². The number of carbonyl (C=O) groups excluding carboxylic acids is 1. The highest BCUT2D eigenvalue weighted by Gasteiger charge is 2.46. The lowest BCUT2D eigenvalue weighted by atomic mass is 10.0. The highest BCUT2D eigenvalue weighted by atomic mass is 16.1. The first kappa shape index (κ1) is 9.97. The Morgan fingerprint density at radius 2 is 1.93 bits per heavy atom. The summed E-state index contributed by atoms with van der Waals surface area (Å²) in [5, 5.41) is 3.08. The minimum Gasteiger partial charge on any atom is -0.353 e. The van der Waals surface area contributed by atoms with E-state index in [2.05, 4.69) is 5.32 Å². The molecular weight excluding hydrogens is 176 g/mol. The van der Waals surface area contributed by atoms with Crippen LogP contribution < -0.4 is 11.1 Å². The Labute approximate surface area is 85.4 Å². The Balaban J connectivity index is 1.72. The monoisotopic (exact) mass is 196 g/mol. The van der Waals surface area contributed by atoms with Crippen LogP contribution in [-0.4, -0.2) is 17.5 Å². The minimum absolute atomic E-state index is 0.115. The van der Waals surface area contributed by atoms with E-state index in [1.807, 2.05) is 13.8 Å². The van der Waals surface area contributed by atoms with Crippen molar-refractivity contribution in [1.82, 2.24) is 5.32 Å². The first-order valence-corrected chi connectivity index (χ1v) is 5.52. The topological polar surface area (TPSA) is 55.1 Å². The Morgan fingerprint density at radius 3 is 2.43 bits per heavy atom. The van der Waals surface area contributed by atoms with Crippen molar-refractivity contribution in [1.29, 1.82) is 0 Å². The zero-order chi connectivity index (χ0) is 10.3. The normalized spacial score (nSPS) is 35.2. The number of amides is 1. The van der Waals surface area contributed by atoms with Gasteiger partial charge in [-0.05, 0) is 44.9 Å². The number of hydrogen-bond acceptors (Lipinski definition) is 2. The third-order valence-corrected chi connectivity index (χ3v) is 3.22. The third kappa shape index (κ3) is 2.47. The molecule has 2 rings (SSSR count). The standard InChI is InChI=1S/C11H20N2O/c1-11(2,12)6-10(14)13-9-4-7-3-8(7)5-9/h7-9H,3-6,12H2,1-2H3,(H,13,14). The molecule has 2 aliphatic carbocycles. The van der Waals surface area contributed by atoms with Crippen molar-refractivity contribution in [3.8, 4) is 0 Å². The highest BCUT2D eigenvalue weighted by molar-refractivity contribution is 5.77. The number of hydrogen-bond donors (Lipinski definition) is 2. The fraction of sp³-hybridized carbons (Fsp3) is 0.909. The van der Waals surface area contributed by atoms with Gasteiger partial charge < -0.3 is 11.1 Å². The van der Waals surface area contributed by atoms with E-state index in [0.717, 1.165) is 11.8 Å². The van der Waals surface area contributed by atoms with E-state index in [9.17, 15) is 4.79 Å². The summed E-state index contributed by atoms with van der Waals surface area (Å²) in [6, 6.07) is 0.439. The molecule has 2 fully saturated rings. The number of fused-ring (bicyclic) bond motifs is 1. The van der Waals surface area contributed by atoms with E-state index in [-0.39, 0.29) is 11.4 Å². The summed E-state index contributed by atoms with van der Waals surface area (Å²) in [6.45, 7) is 3.78. The molecule has 0 radical (unpaired) electrons. The van der Waals surface area contributed by atoms with E-state index in [1.165, 1.54) is 19.3 Å². The van der Waals surface area contributed by atoms with Crippen LogP contribution in [0.4, 0.5) is 0 Å². The van der Waals surface area contributed by atoms with Crippen molar-refractivity contribution in [2.45, 2.75) is 51.1 Å². The van der Waals surface area contributed by atoms with Crippen molar-refractivity contribution in [2.24, 2.45) is 17.6 Å². The second-order valence-electron chi connectivity index (χ2n) is 5.66. The second kappa shape index (κ2) is 3.23. The van der Waals surface area contributed by atoms with Gasteiger partial charge in [0, 0.05) is 18.0 Å². The summed E-state index contributed by atoms with van der Waals surface area (Å²) < 4.78 is 0. The van der Waals surface area contributed by atoms with Crippen LogP contribution in [-0.2, 0) is 4.79 Å². The molecule has 14 heavy (non-hydrogen) atoms. The van der Waals surface area contributed by atoms with E-state index in [1.54, 1.807) is 0 Å². The van der Waals surface area contributed by atoms with Crippen LogP contribution >= 0.6 is 0 Å². The summed E-state index contributed by atoms with van der Waals surface area (Å²) in [7, 11) is 0. The third-order valence-electron chi connectivity index (χ3n) is 3.22. The SMILES string of the molecule is CC(C)(N)CC(=O)NC1CC2CC2C1. The molecule has 2 unspecified atom stereocenters. The summed E-state index contributed by atoms with van der Waals surface area (Å²) in [5.74, 6) is 1.96. The molecule has 0 spiro atoms. The molecule has 2 aliphatic rings. The van der Waals surface area contributed by atoms with Gasteiger partial charge in [-0.2, -0.15) is 0 Å². The van der Waals surface area contributed by atoms with Gasteiger partial charge in [-0.15, -0.1) is 0 Å². The van der Waals surface area contributed by atoms with Crippen molar-refractivity contribution in [3.63, 3.8) is 0 Å². The maximum atomic E-state index is 11.5. The Kier molecular flexibility index (Phi) is 2.30. The smallest absolute Gasteiger partial charge is 0.222 e. The van der Waals surface area contributed by atoms with Gasteiger partial charge >= 0.3 is 0 Å². The molecule has 0 saturated heterocycles. The van der Waals surface area contributed by atoms with Crippen molar-refractivity contribution < 1.29 is 4.79 Å². The molecule has 2 atom stereocenters. The molecule has 3 nitrogen and oxygen atoms in total. The Morgan fingerprint density at radius 1 is 1.36 bits per heavy atom. The van der Waals surface area contributed by atoms with E-state index < -0.39 is 0 Å². The molecule has 0 aliphatic heterocycles. The van der Waals surface area contributed by atoms with Crippen molar-refractivity contribution >= 4 is 5.91 Å². The van der Waals surface area contributed by atoms with Gasteiger partial charge in [0.25, 0.3) is 0 Å². The van der Waals surface area contributed by atoms with Gasteiger partial charge in [-0.25, -0.2) is 0 Å². The lowest BCUT2D eigenvalue weighted by Gasteiger charge is -2.20.